The Balaban J connectivity index is 2.09. The molecule has 2 aromatic rings. The first-order chi connectivity index (χ1) is 13.5. The summed E-state index contributed by atoms with van der Waals surface area (Å²) < 4.78 is 40.5. The molecule has 1 heterocycles. The van der Waals surface area contributed by atoms with Crippen molar-refractivity contribution < 1.29 is 27.9 Å². The van der Waals surface area contributed by atoms with Crippen LogP contribution in [0.1, 0.15) is 49.0 Å². The summed E-state index contributed by atoms with van der Waals surface area (Å²) in [5.74, 6) is -1.11. The van der Waals surface area contributed by atoms with E-state index in [-0.39, 0.29) is 5.91 Å². The van der Waals surface area contributed by atoms with Crippen molar-refractivity contribution in [3.8, 4) is 0 Å². The number of carbonyl (C=O) groups is 2. The van der Waals surface area contributed by atoms with Gasteiger partial charge in [-0.2, -0.15) is 13.2 Å². The van der Waals surface area contributed by atoms with E-state index >= 15 is 0 Å². The Labute approximate surface area is 170 Å². The van der Waals surface area contributed by atoms with Crippen molar-refractivity contribution in [2.45, 2.75) is 51.4 Å². The van der Waals surface area contributed by atoms with Crippen molar-refractivity contribution in [1.29, 1.82) is 0 Å². The van der Waals surface area contributed by atoms with Gasteiger partial charge in [-0.3, -0.25) is 9.59 Å². The quantitative estimate of drug-likeness (QED) is 0.624. The summed E-state index contributed by atoms with van der Waals surface area (Å²) in [5.41, 5.74) is -1.82. The monoisotopic (exact) mass is 429 g/mol. The fourth-order valence-electron chi connectivity index (χ4n) is 2.55. The van der Waals surface area contributed by atoms with E-state index in [2.05, 4.69) is 15.6 Å². The number of nitrogens with zero attached hydrogens (tertiary/aromatic N) is 1. The van der Waals surface area contributed by atoms with Crippen LogP contribution in [0.3, 0.4) is 0 Å². The summed E-state index contributed by atoms with van der Waals surface area (Å²) in [6, 6.07) is 5.97. The van der Waals surface area contributed by atoms with Crippen molar-refractivity contribution in [2.75, 3.05) is 5.32 Å². The molecular weight excluding hydrogens is 407 g/mol. The van der Waals surface area contributed by atoms with Crippen LogP contribution in [0.4, 0.5) is 18.9 Å². The summed E-state index contributed by atoms with van der Waals surface area (Å²) in [6.45, 7) is 4.83. The SMILES string of the molecule is CCC(=O)Nc1ccc(C(C)NC(=O)CC(O)(c2nc(C)cs2)C(F)(F)F)cc1. The molecule has 29 heavy (non-hydrogen) atoms. The second kappa shape index (κ2) is 8.91. The summed E-state index contributed by atoms with van der Waals surface area (Å²) in [5, 5.41) is 16.2. The minimum absolute atomic E-state index is 0.150. The molecule has 1 aromatic carbocycles. The highest BCUT2D eigenvalue weighted by molar-refractivity contribution is 7.09. The highest BCUT2D eigenvalue weighted by Gasteiger charge is 2.58. The molecule has 0 fully saturated rings. The van der Waals surface area contributed by atoms with Gasteiger partial charge in [-0.25, -0.2) is 4.98 Å². The zero-order valence-electron chi connectivity index (χ0n) is 16.1. The Bertz CT molecular complexity index is 868. The van der Waals surface area contributed by atoms with Crippen LogP contribution in [0.25, 0.3) is 0 Å². The first-order valence-corrected chi connectivity index (χ1v) is 9.75. The number of carbonyl (C=O) groups excluding carboxylic acids is 2. The topological polar surface area (TPSA) is 91.3 Å². The number of hydrogen-bond acceptors (Lipinski definition) is 5. The molecular formula is C19H22F3N3O3S. The third kappa shape index (κ3) is 5.54. The van der Waals surface area contributed by atoms with Gasteiger partial charge in [0.1, 0.15) is 5.01 Å². The maximum absolute atomic E-state index is 13.5. The number of aliphatic hydroxyl groups is 1. The van der Waals surface area contributed by atoms with Gasteiger partial charge in [0, 0.05) is 23.2 Å². The number of anilines is 1. The highest BCUT2D eigenvalue weighted by Crippen LogP contribution is 2.42. The Kier molecular flexibility index (Phi) is 7.02. The zero-order chi connectivity index (χ0) is 21.8. The van der Waals surface area contributed by atoms with Crippen LogP contribution in [-0.4, -0.2) is 28.1 Å². The van der Waals surface area contributed by atoms with Crippen LogP contribution in [0, 0.1) is 6.92 Å². The number of halogens is 3. The van der Waals surface area contributed by atoms with Gasteiger partial charge in [0.2, 0.25) is 17.4 Å². The lowest BCUT2D eigenvalue weighted by atomic mass is 9.98. The second-order valence-electron chi connectivity index (χ2n) is 6.64. The number of amides is 2. The van der Waals surface area contributed by atoms with E-state index in [0.29, 0.717) is 34.7 Å². The standard InChI is InChI=1S/C19H22F3N3O3S/c1-4-15(26)25-14-7-5-13(6-8-14)12(3)24-16(27)9-18(28,19(20,21)22)17-23-11(2)10-29-17/h5-8,10,12,28H,4,9H2,1-3H3,(H,24,27)(H,25,26). The van der Waals surface area contributed by atoms with E-state index in [0.717, 1.165) is 0 Å². The minimum Gasteiger partial charge on any atom is -0.374 e. The first kappa shape index (κ1) is 22.8. The molecule has 0 spiro atoms. The van der Waals surface area contributed by atoms with Crippen LogP contribution in [0.5, 0.6) is 0 Å². The number of aryl methyl sites for hydroxylation is 1. The molecule has 0 aliphatic heterocycles. The Morgan fingerprint density at radius 1 is 1.21 bits per heavy atom. The van der Waals surface area contributed by atoms with Crippen molar-refractivity contribution in [1.82, 2.24) is 10.3 Å². The van der Waals surface area contributed by atoms with Crippen molar-refractivity contribution >= 4 is 28.8 Å². The smallest absolute Gasteiger partial charge is 0.374 e. The minimum atomic E-state index is -5.06. The van der Waals surface area contributed by atoms with Crippen LogP contribution in [0.2, 0.25) is 0 Å². The second-order valence-corrected chi connectivity index (χ2v) is 7.50. The lowest BCUT2D eigenvalue weighted by Crippen LogP contribution is -2.46. The lowest BCUT2D eigenvalue weighted by Gasteiger charge is -2.28. The molecule has 2 unspecified atom stereocenters. The summed E-state index contributed by atoms with van der Waals surface area (Å²) in [4.78, 5) is 27.4. The van der Waals surface area contributed by atoms with Gasteiger partial charge >= 0.3 is 6.18 Å². The molecule has 2 rings (SSSR count). The van der Waals surface area contributed by atoms with Gasteiger partial charge in [0.05, 0.1) is 12.5 Å². The summed E-state index contributed by atoms with van der Waals surface area (Å²) in [7, 11) is 0. The van der Waals surface area contributed by atoms with Crippen LogP contribution < -0.4 is 10.6 Å². The zero-order valence-corrected chi connectivity index (χ0v) is 16.9. The largest absolute Gasteiger partial charge is 0.424 e. The van der Waals surface area contributed by atoms with E-state index < -0.39 is 35.2 Å². The fourth-order valence-corrected chi connectivity index (χ4v) is 3.47. The van der Waals surface area contributed by atoms with E-state index in [9.17, 15) is 27.9 Å². The summed E-state index contributed by atoms with van der Waals surface area (Å²) >= 11 is 0.653. The Morgan fingerprint density at radius 2 is 1.83 bits per heavy atom. The summed E-state index contributed by atoms with van der Waals surface area (Å²) in [6.07, 6.45) is -5.93. The number of alkyl halides is 3. The third-order valence-electron chi connectivity index (χ3n) is 4.25. The van der Waals surface area contributed by atoms with E-state index in [1.807, 2.05) is 0 Å². The van der Waals surface area contributed by atoms with Crippen molar-refractivity contribution in [3.05, 3.63) is 45.9 Å². The highest BCUT2D eigenvalue weighted by atomic mass is 32.1. The number of hydrogen-bond donors (Lipinski definition) is 3. The van der Waals surface area contributed by atoms with Gasteiger partial charge in [-0.1, -0.05) is 19.1 Å². The predicted molar refractivity (Wildman–Crippen MR) is 103 cm³/mol. The van der Waals surface area contributed by atoms with Crippen LogP contribution in [-0.2, 0) is 15.2 Å². The van der Waals surface area contributed by atoms with E-state index in [4.69, 9.17) is 0 Å². The number of benzene rings is 1. The molecule has 0 radical (unpaired) electrons. The fraction of sp³-hybridized carbons (Fsp3) is 0.421. The first-order valence-electron chi connectivity index (χ1n) is 8.87. The molecule has 1 aromatic heterocycles. The lowest BCUT2D eigenvalue weighted by molar-refractivity contribution is -0.267. The van der Waals surface area contributed by atoms with Crippen LogP contribution in [0.15, 0.2) is 29.6 Å². The molecule has 0 saturated heterocycles. The van der Waals surface area contributed by atoms with Gasteiger partial charge in [-0.05, 0) is 31.5 Å². The van der Waals surface area contributed by atoms with E-state index in [1.54, 1.807) is 38.1 Å². The molecule has 10 heteroatoms. The van der Waals surface area contributed by atoms with Gasteiger partial charge in [-0.15, -0.1) is 11.3 Å². The maximum atomic E-state index is 13.5. The number of thiazole rings is 1. The molecule has 2 amide bonds. The van der Waals surface area contributed by atoms with Gasteiger partial charge in [0.25, 0.3) is 0 Å². The molecule has 0 aliphatic carbocycles. The predicted octanol–water partition coefficient (Wildman–Crippen LogP) is 3.82. The average Bonchev–Trinajstić information content (AvgIpc) is 3.08. The van der Waals surface area contributed by atoms with Crippen molar-refractivity contribution in [2.24, 2.45) is 0 Å². The van der Waals surface area contributed by atoms with Gasteiger partial charge < -0.3 is 15.7 Å². The Hall–Kier alpha value is -2.46. The van der Waals surface area contributed by atoms with Crippen molar-refractivity contribution in [3.63, 3.8) is 0 Å². The Morgan fingerprint density at radius 3 is 2.31 bits per heavy atom. The van der Waals surface area contributed by atoms with E-state index in [1.165, 1.54) is 12.3 Å². The molecule has 158 valence electrons. The molecule has 0 aliphatic rings. The average molecular weight is 429 g/mol. The van der Waals surface area contributed by atoms with Crippen LogP contribution >= 0.6 is 11.3 Å². The normalized spacial score (nSPS) is 14.7. The molecule has 6 nitrogen and oxygen atoms in total. The maximum Gasteiger partial charge on any atom is 0.424 e. The molecule has 2 atom stereocenters. The molecule has 0 bridgehead atoms. The number of rotatable bonds is 7. The third-order valence-corrected chi connectivity index (χ3v) is 5.36. The number of nitrogens with one attached hydrogen (secondary N) is 2. The molecule has 3 N–H and O–H groups in total. The number of aromatic nitrogens is 1. The molecule has 0 saturated carbocycles. The van der Waals surface area contributed by atoms with Gasteiger partial charge in [0.15, 0.2) is 0 Å².